The van der Waals surface area contributed by atoms with E-state index >= 15 is 0 Å². The number of nitrogens with one attached hydrogen (secondary N) is 1. The molecule has 0 aliphatic carbocycles. The number of sulfonamides is 1. The minimum Gasteiger partial charge on any atom is -0.379 e. The number of amides is 1. The highest BCUT2D eigenvalue weighted by atomic mass is 32.2. The normalized spacial score (nSPS) is 21.5. The molecule has 0 aromatic carbocycles. The van der Waals surface area contributed by atoms with Crippen LogP contribution in [-0.4, -0.2) is 107 Å². The molecule has 0 saturated carbocycles. The first-order valence-corrected chi connectivity index (χ1v) is 10.1. The first-order valence-electron chi connectivity index (χ1n) is 8.19. The summed E-state index contributed by atoms with van der Waals surface area (Å²) >= 11 is 0. The standard InChI is InChI=1S/C14H28N4O4S/c1-23(20,21)15-3-2-4-16-5-7-18(8-6-16)14(19)13-17-9-11-22-12-10-17/h15H,2-13H2,1H3. The second kappa shape index (κ2) is 8.93. The van der Waals surface area contributed by atoms with Crippen LogP contribution in [0.1, 0.15) is 6.42 Å². The molecular weight excluding hydrogens is 320 g/mol. The average molecular weight is 348 g/mol. The number of hydrogen-bond donors (Lipinski definition) is 1. The Bertz CT molecular complexity index is 471. The number of rotatable bonds is 7. The molecular formula is C14H28N4O4S. The van der Waals surface area contributed by atoms with Crippen molar-refractivity contribution in [1.82, 2.24) is 19.4 Å². The van der Waals surface area contributed by atoms with Crippen molar-refractivity contribution in [2.45, 2.75) is 6.42 Å². The van der Waals surface area contributed by atoms with E-state index in [1.807, 2.05) is 4.90 Å². The number of nitrogens with zero attached hydrogens (tertiary/aromatic N) is 3. The van der Waals surface area contributed by atoms with Crippen molar-refractivity contribution in [2.24, 2.45) is 0 Å². The zero-order valence-electron chi connectivity index (χ0n) is 13.9. The molecule has 2 fully saturated rings. The van der Waals surface area contributed by atoms with Gasteiger partial charge in [-0.05, 0) is 13.0 Å². The maximum Gasteiger partial charge on any atom is 0.236 e. The molecule has 9 heteroatoms. The molecule has 1 amide bonds. The van der Waals surface area contributed by atoms with Crippen molar-refractivity contribution in [3.63, 3.8) is 0 Å². The molecule has 23 heavy (non-hydrogen) atoms. The van der Waals surface area contributed by atoms with Crippen LogP contribution in [0.3, 0.4) is 0 Å². The molecule has 1 N–H and O–H groups in total. The van der Waals surface area contributed by atoms with Crippen molar-refractivity contribution < 1.29 is 17.9 Å². The van der Waals surface area contributed by atoms with Gasteiger partial charge in [0.1, 0.15) is 0 Å². The summed E-state index contributed by atoms with van der Waals surface area (Å²) in [5.74, 6) is 0.199. The molecule has 134 valence electrons. The number of carbonyl (C=O) groups is 1. The van der Waals surface area contributed by atoms with Gasteiger partial charge in [-0.15, -0.1) is 0 Å². The number of morpholine rings is 1. The third kappa shape index (κ3) is 7.13. The van der Waals surface area contributed by atoms with E-state index in [1.54, 1.807) is 0 Å². The second-order valence-electron chi connectivity index (χ2n) is 6.13. The van der Waals surface area contributed by atoms with Gasteiger partial charge in [-0.1, -0.05) is 0 Å². The lowest BCUT2D eigenvalue weighted by Gasteiger charge is -2.36. The molecule has 2 saturated heterocycles. The fraction of sp³-hybridized carbons (Fsp3) is 0.929. The lowest BCUT2D eigenvalue weighted by atomic mass is 10.2. The second-order valence-corrected chi connectivity index (χ2v) is 7.96. The Morgan fingerprint density at radius 3 is 2.30 bits per heavy atom. The SMILES string of the molecule is CS(=O)(=O)NCCCN1CCN(C(=O)CN2CCOCC2)CC1. The fourth-order valence-electron chi connectivity index (χ4n) is 2.83. The maximum atomic E-state index is 12.3. The number of piperazine rings is 1. The molecule has 0 atom stereocenters. The summed E-state index contributed by atoms with van der Waals surface area (Å²) in [6.07, 6.45) is 1.96. The third-order valence-electron chi connectivity index (χ3n) is 4.20. The third-order valence-corrected chi connectivity index (χ3v) is 4.93. The predicted octanol–water partition coefficient (Wildman–Crippen LogP) is -1.60. The van der Waals surface area contributed by atoms with Crippen molar-refractivity contribution in [2.75, 3.05) is 78.4 Å². The van der Waals surface area contributed by atoms with Crippen LogP contribution in [-0.2, 0) is 19.6 Å². The van der Waals surface area contributed by atoms with Crippen LogP contribution in [0.4, 0.5) is 0 Å². The molecule has 0 bridgehead atoms. The first kappa shape index (κ1) is 18.6. The van der Waals surface area contributed by atoms with Gasteiger partial charge >= 0.3 is 0 Å². The van der Waals surface area contributed by atoms with E-state index in [4.69, 9.17) is 4.74 Å². The molecule has 2 heterocycles. The highest BCUT2D eigenvalue weighted by Gasteiger charge is 2.23. The highest BCUT2D eigenvalue weighted by molar-refractivity contribution is 7.88. The Morgan fingerprint density at radius 1 is 1.04 bits per heavy atom. The fourth-order valence-corrected chi connectivity index (χ4v) is 3.35. The summed E-state index contributed by atoms with van der Waals surface area (Å²) < 4.78 is 29.8. The summed E-state index contributed by atoms with van der Waals surface area (Å²) in [5, 5.41) is 0. The monoisotopic (exact) mass is 348 g/mol. The Kier molecular flexibility index (Phi) is 7.22. The molecule has 2 aliphatic rings. The molecule has 8 nitrogen and oxygen atoms in total. The first-order chi connectivity index (χ1) is 10.9. The Morgan fingerprint density at radius 2 is 1.70 bits per heavy atom. The minimum atomic E-state index is -3.10. The van der Waals surface area contributed by atoms with Crippen LogP contribution < -0.4 is 4.72 Å². The number of hydrogen-bond acceptors (Lipinski definition) is 6. The molecule has 2 rings (SSSR count). The molecule has 0 spiro atoms. The zero-order chi connectivity index (χ0) is 16.7. The summed E-state index contributed by atoms with van der Waals surface area (Å²) in [6.45, 7) is 8.11. The van der Waals surface area contributed by atoms with Gasteiger partial charge in [0.15, 0.2) is 0 Å². The summed E-state index contributed by atoms with van der Waals surface area (Å²) in [4.78, 5) is 18.7. The Hall–Kier alpha value is -0.740. The van der Waals surface area contributed by atoms with Crippen molar-refractivity contribution in [3.8, 4) is 0 Å². The highest BCUT2D eigenvalue weighted by Crippen LogP contribution is 2.05. The number of ether oxygens (including phenoxy) is 1. The van der Waals surface area contributed by atoms with E-state index in [0.29, 0.717) is 26.3 Å². The molecule has 0 aromatic rings. The smallest absolute Gasteiger partial charge is 0.236 e. The van der Waals surface area contributed by atoms with Crippen LogP contribution in [0.5, 0.6) is 0 Å². The van der Waals surface area contributed by atoms with Crippen molar-refractivity contribution in [3.05, 3.63) is 0 Å². The van der Waals surface area contributed by atoms with Crippen LogP contribution in [0, 0.1) is 0 Å². The molecule has 0 radical (unpaired) electrons. The van der Waals surface area contributed by atoms with Crippen LogP contribution >= 0.6 is 0 Å². The van der Waals surface area contributed by atoms with E-state index in [0.717, 1.165) is 52.2 Å². The maximum absolute atomic E-state index is 12.3. The van der Waals surface area contributed by atoms with Gasteiger partial charge in [-0.3, -0.25) is 14.6 Å². The average Bonchev–Trinajstić information content (AvgIpc) is 2.52. The quantitative estimate of drug-likeness (QED) is 0.558. The molecule has 0 aromatic heterocycles. The van der Waals surface area contributed by atoms with Gasteiger partial charge in [-0.25, -0.2) is 13.1 Å². The van der Waals surface area contributed by atoms with E-state index in [-0.39, 0.29) is 5.91 Å². The largest absolute Gasteiger partial charge is 0.379 e. The van der Waals surface area contributed by atoms with Gasteiger partial charge in [-0.2, -0.15) is 0 Å². The lowest BCUT2D eigenvalue weighted by Crippen LogP contribution is -2.52. The summed E-state index contributed by atoms with van der Waals surface area (Å²) in [6, 6.07) is 0. The van der Waals surface area contributed by atoms with Gasteiger partial charge in [0.05, 0.1) is 26.0 Å². The lowest BCUT2D eigenvalue weighted by molar-refractivity contribution is -0.135. The van der Waals surface area contributed by atoms with Crippen molar-refractivity contribution in [1.29, 1.82) is 0 Å². The topological polar surface area (TPSA) is 82.2 Å². The Labute approximate surface area is 138 Å². The predicted molar refractivity (Wildman–Crippen MR) is 87.7 cm³/mol. The van der Waals surface area contributed by atoms with E-state index in [9.17, 15) is 13.2 Å². The minimum absolute atomic E-state index is 0.199. The summed E-state index contributed by atoms with van der Waals surface area (Å²) in [5.41, 5.74) is 0. The van der Waals surface area contributed by atoms with E-state index in [2.05, 4.69) is 14.5 Å². The van der Waals surface area contributed by atoms with Gasteiger partial charge in [0.2, 0.25) is 15.9 Å². The molecule has 2 aliphatic heterocycles. The molecule has 0 unspecified atom stereocenters. The van der Waals surface area contributed by atoms with Gasteiger partial charge in [0.25, 0.3) is 0 Å². The zero-order valence-corrected chi connectivity index (χ0v) is 14.7. The van der Waals surface area contributed by atoms with Crippen LogP contribution in [0.2, 0.25) is 0 Å². The van der Waals surface area contributed by atoms with Gasteiger partial charge in [0, 0.05) is 45.8 Å². The van der Waals surface area contributed by atoms with E-state index < -0.39 is 10.0 Å². The number of carbonyl (C=O) groups excluding carboxylic acids is 1. The summed E-state index contributed by atoms with van der Waals surface area (Å²) in [7, 11) is -3.10. The van der Waals surface area contributed by atoms with Crippen LogP contribution in [0.25, 0.3) is 0 Å². The van der Waals surface area contributed by atoms with Crippen LogP contribution in [0.15, 0.2) is 0 Å². The Balaban J connectivity index is 1.60. The van der Waals surface area contributed by atoms with Gasteiger partial charge < -0.3 is 9.64 Å². The van der Waals surface area contributed by atoms with Crippen molar-refractivity contribution >= 4 is 15.9 Å². The van der Waals surface area contributed by atoms with E-state index in [1.165, 1.54) is 6.26 Å².